The molecule has 1 aromatic heterocycles. The fraction of sp³-hybridized carbons (Fsp3) is 0.545. The number of alkyl halides is 3. The fourth-order valence-corrected chi connectivity index (χ4v) is 2.01. The van der Waals surface area contributed by atoms with Crippen molar-refractivity contribution in [2.45, 2.75) is 24.6 Å². The minimum absolute atomic E-state index is 0.000603. The van der Waals surface area contributed by atoms with E-state index in [4.69, 9.17) is 5.73 Å². The molecule has 6 nitrogen and oxygen atoms in total. The molecule has 1 saturated heterocycles. The maximum Gasteiger partial charge on any atom is 0.417 e. The van der Waals surface area contributed by atoms with Gasteiger partial charge in [0.15, 0.2) is 17.1 Å². The van der Waals surface area contributed by atoms with Crippen molar-refractivity contribution in [2.75, 3.05) is 18.0 Å². The van der Waals surface area contributed by atoms with Crippen LogP contribution >= 0.6 is 0 Å². The number of aromatic nitrogens is 2. The van der Waals surface area contributed by atoms with Gasteiger partial charge in [-0.3, -0.25) is 4.79 Å². The van der Waals surface area contributed by atoms with Gasteiger partial charge in [0.1, 0.15) is 0 Å². The second-order valence-corrected chi connectivity index (χ2v) is 4.66. The largest absolute Gasteiger partial charge is 0.417 e. The number of nitrogens with two attached hydrogens (primary N) is 1. The number of primary amides is 1. The van der Waals surface area contributed by atoms with Crippen molar-refractivity contribution in [1.29, 1.82) is 0 Å². The maximum atomic E-state index is 12.6. The van der Waals surface area contributed by atoms with Crippen LogP contribution in [0.5, 0.6) is 0 Å². The molecule has 0 atom stereocenters. The normalized spacial score (nSPS) is 18.9. The van der Waals surface area contributed by atoms with E-state index in [9.17, 15) is 23.1 Å². The van der Waals surface area contributed by atoms with E-state index >= 15 is 0 Å². The number of rotatable bonds is 2. The molecule has 0 radical (unpaired) electrons. The quantitative estimate of drug-likeness (QED) is 0.826. The summed E-state index contributed by atoms with van der Waals surface area (Å²) in [7, 11) is 0. The Morgan fingerprint density at radius 3 is 2.30 bits per heavy atom. The number of hydrogen-bond donors (Lipinski definition) is 2. The topological polar surface area (TPSA) is 92.3 Å². The predicted molar refractivity (Wildman–Crippen MR) is 63.0 cm³/mol. The van der Waals surface area contributed by atoms with Crippen molar-refractivity contribution in [3.63, 3.8) is 0 Å². The van der Waals surface area contributed by atoms with Gasteiger partial charge in [0.2, 0.25) is 0 Å². The molecule has 0 aliphatic carbocycles. The van der Waals surface area contributed by atoms with Crippen LogP contribution in [0.3, 0.4) is 0 Å². The first-order valence-electron chi connectivity index (χ1n) is 5.90. The molecule has 9 heteroatoms. The minimum Gasteiger partial charge on any atom is -0.380 e. The molecule has 1 aromatic rings. The molecule has 110 valence electrons. The summed E-state index contributed by atoms with van der Waals surface area (Å²) in [4.78, 5) is 12.4. The van der Waals surface area contributed by atoms with Crippen LogP contribution in [0.4, 0.5) is 19.0 Å². The van der Waals surface area contributed by atoms with Crippen molar-refractivity contribution in [1.82, 2.24) is 10.2 Å². The van der Waals surface area contributed by atoms with E-state index in [1.54, 1.807) is 4.90 Å². The average molecular weight is 290 g/mol. The average Bonchev–Trinajstić information content (AvgIpc) is 2.38. The third-order valence-electron chi connectivity index (χ3n) is 3.35. The van der Waals surface area contributed by atoms with Gasteiger partial charge in [-0.2, -0.15) is 13.2 Å². The number of anilines is 1. The zero-order valence-electron chi connectivity index (χ0n) is 10.4. The Balaban J connectivity index is 2.06. The summed E-state index contributed by atoms with van der Waals surface area (Å²) >= 11 is 0. The zero-order valence-corrected chi connectivity index (χ0v) is 10.4. The number of nitrogens with zero attached hydrogens (tertiary/aromatic N) is 3. The lowest BCUT2D eigenvalue weighted by atomic mass is 9.91. The number of piperidine rings is 1. The number of amides is 1. The lowest BCUT2D eigenvalue weighted by Crippen LogP contribution is -2.53. The second kappa shape index (κ2) is 4.89. The van der Waals surface area contributed by atoms with Gasteiger partial charge in [-0.05, 0) is 12.1 Å². The van der Waals surface area contributed by atoms with Gasteiger partial charge in [0.25, 0.3) is 5.91 Å². The molecule has 1 amide bonds. The number of aliphatic hydroxyl groups is 1. The minimum atomic E-state index is -4.64. The van der Waals surface area contributed by atoms with Crippen LogP contribution in [-0.4, -0.2) is 46.1 Å². The van der Waals surface area contributed by atoms with Gasteiger partial charge in [-0.25, -0.2) is 0 Å². The summed E-state index contributed by atoms with van der Waals surface area (Å²) in [5.41, 5.74) is 2.35. The highest BCUT2D eigenvalue weighted by Crippen LogP contribution is 2.38. The molecule has 0 spiro atoms. The lowest BCUT2D eigenvalue weighted by Gasteiger charge is -2.39. The Hall–Kier alpha value is -1.90. The molecule has 0 saturated carbocycles. The van der Waals surface area contributed by atoms with Crippen molar-refractivity contribution < 1.29 is 23.1 Å². The maximum absolute atomic E-state index is 12.6. The van der Waals surface area contributed by atoms with Crippen LogP contribution in [0, 0.1) is 0 Å². The van der Waals surface area contributed by atoms with Gasteiger partial charge in [0.05, 0.1) is 0 Å². The van der Waals surface area contributed by atoms with Crippen molar-refractivity contribution in [3.05, 3.63) is 17.8 Å². The van der Waals surface area contributed by atoms with Crippen molar-refractivity contribution in [2.24, 2.45) is 5.73 Å². The van der Waals surface area contributed by atoms with Crippen LogP contribution in [0.25, 0.3) is 0 Å². The zero-order chi connectivity index (χ0) is 15.0. The molecular formula is C11H13F3N4O2. The number of carbonyl (C=O) groups is 1. The van der Waals surface area contributed by atoms with Gasteiger partial charge in [-0.15, -0.1) is 10.2 Å². The predicted octanol–water partition coefficient (Wildman–Crippen LogP) is 0.469. The standard InChI is InChI=1S/C11H13F3N4O2/c12-11(13,14)10(20)3-5-18(6-4-10)8-2-1-7(9(15)19)16-17-8/h1-2,20H,3-6H2,(H2,15,19). The first-order valence-corrected chi connectivity index (χ1v) is 5.90. The van der Waals surface area contributed by atoms with E-state index in [2.05, 4.69) is 10.2 Å². The van der Waals surface area contributed by atoms with E-state index in [0.717, 1.165) is 0 Å². The van der Waals surface area contributed by atoms with Gasteiger partial charge < -0.3 is 15.7 Å². The Morgan fingerprint density at radius 1 is 1.30 bits per heavy atom. The van der Waals surface area contributed by atoms with Crippen molar-refractivity contribution >= 4 is 11.7 Å². The summed E-state index contributed by atoms with van der Waals surface area (Å²) in [5, 5.41) is 16.9. The molecule has 0 aromatic carbocycles. The summed E-state index contributed by atoms with van der Waals surface area (Å²) in [6.07, 6.45) is -5.51. The molecule has 0 unspecified atom stereocenters. The summed E-state index contributed by atoms with van der Waals surface area (Å²) in [5.74, 6) is -0.381. The molecule has 2 rings (SSSR count). The fourth-order valence-electron chi connectivity index (χ4n) is 2.01. The van der Waals surface area contributed by atoms with E-state index < -0.39 is 30.5 Å². The van der Waals surface area contributed by atoms with Crippen LogP contribution in [0.1, 0.15) is 23.3 Å². The lowest BCUT2D eigenvalue weighted by molar-refractivity contribution is -0.266. The van der Waals surface area contributed by atoms with Crippen LogP contribution in [-0.2, 0) is 0 Å². The molecule has 1 aliphatic heterocycles. The Kier molecular flexibility index (Phi) is 3.55. The van der Waals surface area contributed by atoms with Crippen molar-refractivity contribution in [3.8, 4) is 0 Å². The van der Waals surface area contributed by atoms with E-state index in [1.165, 1.54) is 12.1 Å². The molecular weight excluding hydrogens is 277 g/mol. The smallest absolute Gasteiger partial charge is 0.380 e. The van der Waals surface area contributed by atoms with Gasteiger partial charge >= 0.3 is 6.18 Å². The second-order valence-electron chi connectivity index (χ2n) is 4.66. The highest BCUT2D eigenvalue weighted by Gasteiger charge is 2.54. The third kappa shape index (κ3) is 2.67. The molecule has 0 bridgehead atoms. The summed E-state index contributed by atoms with van der Waals surface area (Å²) in [6, 6.07) is 2.82. The van der Waals surface area contributed by atoms with E-state index in [1.807, 2.05) is 0 Å². The van der Waals surface area contributed by atoms with Crippen LogP contribution < -0.4 is 10.6 Å². The summed E-state index contributed by atoms with van der Waals surface area (Å²) < 4.78 is 37.9. The Morgan fingerprint density at radius 2 is 1.90 bits per heavy atom. The Labute approximate surface area is 112 Å². The third-order valence-corrected chi connectivity index (χ3v) is 3.35. The van der Waals surface area contributed by atoms with Crippen LogP contribution in [0.15, 0.2) is 12.1 Å². The summed E-state index contributed by atoms with van der Waals surface area (Å²) in [6.45, 7) is 0.00121. The van der Waals surface area contributed by atoms with E-state index in [-0.39, 0.29) is 18.8 Å². The van der Waals surface area contributed by atoms with E-state index in [0.29, 0.717) is 5.82 Å². The van der Waals surface area contributed by atoms with Gasteiger partial charge in [0, 0.05) is 25.9 Å². The monoisotopic (exact) mass is 290 g/mol. The van der Waals surface area contributed by atoms with Crippen LogP contribution in [0.2, 0.25) is 0 Å². The number of hydrogen-bond acceptors (Lipinski definition) is 5. The molecule has 20 heavy (non-hydrogen) atoms. The highest BCUT2D eigenvalue weighted by atomic mass is 19.4. The highest BCUT2D eigenvalue weighted by molar-refractivity contribution is 5.90. The number of carbonyl (C=O) groups excluding carboxylic acids is 1. The molecule has 1 fully saturated rings. The Bertz CT molecular complexity index is 495. The first-order chi connectivity index (χ1) is 9.23. The molecule has 1 aliphatic rings. The van der Waals surface area contributed by atoms with Gasteiger partial charge in [-0.1, -0.05) is 0 Å². The SMILES string of the molecule is NC(=O)c1ccc(N2CCC(O)(C(F)(F)F)CC2)nn1. The first kappa shape index (κ1) is 14.5. The number of halogens is 3. The molecule has 2 heterocycles. The molecule has 3 N–H and O–H groups in total.